The third-order valence-electron chi connectivity index (χ3n) is 4.90. The molecule has 3 N–H and O–H groups in total. The highest BCUT2D eigenvalue weighted by atomic mass is 32.2. The van der Waals surface area contributed by atoms with Crippen molar-refractivity contribution in [1.29, 1.82) is 0 Å². The average Bonchev–Trinajstić information content (AvgIpc) is 3.18. The molecule has 0 aliphatic carbocycles. The maximum Gasteiger partial charge on any atom is 0.248 e. The van der Waals surface area contributed by atoms with Crippen molar-refractivity contribution >= 4 is 56.8 Å². The number of anilines is 1. The van der Waals surface area contributed by atoms with E-state index in [1.165, 1.54) is 11.8 Å². The first-order chi connectivity index (χ1) is 15.1. The van der Waals surface area contributed by atoms with Gasteiger partial charge in [0.1, 0.15) is 5.65 Å². The number of aromatic nitrogens is 3. The van der Waals surface area contributed by atoms with Gasteiger partial charge < -0.3 is 11.1 Å². The third kappa shape index (κ3) is 3.57. The molecule has 0 spiro atoms. The first kappa shape index (κ1) is 19.1. The van der Waals surface area contributed by atoms with Gasteiger partial charge in [0.15, 0.2) is 5.16 Å². The second-order valence-electron chi connectivity index (χ2n) is 6.95. The van der Waals surface area contributed by atoms with E-state index in [2.05, 4.69) is 5.32 Å². The summed E-state index contributed by atoms with van der Waals surface area (Å²) in [6, 6.07) is 22.2. The minimum atomic E-state index is -0.507. The van der Waals surface area contributed by atoms with Crippen LogP contribution in [0.5, 0.6) is 0 Å². The molecule has 0 aliphatic heterocycles. The number of benzene rings is 3. The van der Waals surface area contributed by atoms with Crippen LogP contribution in [0.15, 0.2) is 78.0 Å². The van der Waals surface area contributed by atoms with Crippen LogP contribution in [0, 0.1) is 0 Å². The van der Waals surface area contributed by atoms with Gasteiger partial charge in [-0.1, -0.05) is 36.0 Å². The molecule has 0 unspecified atom stereocenters. The summed E-state index contributed by atoms with van der Waals surface area (Å²) >= 11 is 1.35. The molecule has 0 fully saturated rings. The van der Waals surface area contributed by atoms with Crippen LogP contribution in [-0.2, 0) is 4.79 Å². The average molecular weight is 427 g/mol. The molecule has 2 aromatic heterocycles. The molecule has 2 heterocycles. The zero-order valence-corrected chi connectivity index (χ0v) is 17.1. The Balaban J connectivity index is 1.45. The highest BCUT2D eigenvalue weighted by Gasteiger charge is 2.15. The van der Waals surface area contributed by atoms with Crippen molar-refractivity contribution < 1.29 is 9.59 Å². The summed E-state index contributed by atoms with van der Waals surface area (Å²) in [7, 11) is 0. The summed E-state index contributed by atoms with van der Waals surface area (Å²) in [5.41, 5.74) is 9.70. The van der Waals surface area contributed by atoms with Gasteiger partial charge >= 0.3 is 0 Å². The lowest BCUT2D eigenvalue weighted by Gasteiger charge is -2.09. The number of amides is 2. The van der Waals surface area contributed by atoms with Crippen molar-refractivity contribution in [2.75, 3.05) is 11.1 Å². The van der Waals surface area contributed by atoms with Crippen LogP contribution in [0.4, 0.5) is 5.69 Å². The Morgan fingerprint density at radius 3 is 2.39 bits per heavy atom. The summed E-state index contributed by atoms with van der Waals surface area (Å²) in [6.07, 6.45) is 0. The first-order valence-corrected chi connectivity index (χ1v) is 10.6. The highest BCUT2D eigenvalue weighted by molar-refractivity contribution is 7.99. The van der Waals surface area contributed by atoms with E-state index in [0.29, 0.717) is 16.4 Å². The Morgan fingerprint density at radius 2 is 1.61 bits per heavy atom. The van der Waals surface area contributed by atoms with Gasteiger partial charge in [-0.25, -0.2) is 9.97 Å². The zero-order valence-electron chi connectivity index (χ0n) is 16.3. The molecule has 0 radical (unpaired) electrons. The maximum atomic E-state index is 12.5. The highest BCUT2D eigenvalue weighted by Crippen LogP contribution is 2.29. The van der Waals surface area contributed by atoms with Crippen LogP contribution in [0.3, 0.4) is 0 Å². The smallest absolute Gasteiger partial charge is 0.248 e. The lowest BCUT2D eigenvalue weighted by atomic mass is 10.2. The molecule has 0 bridgehead atoms. The number of para-hydroxylation sites is 3. The topological polar surface area (TPSA) is 102 Å². The van der Waals surface area contributed by atoms with Gasteiger partial charge in [0.05, 0.1) is 22.3 Å². The number of nitrogens with two attached hydrogens (primary N) is 1. The molecule has 0 atom stereocenters. The molecule has 5 aromatic rings. The second-order valence-corrected chi connectivity index (χ2v) is 7.89. The number of thioether (sulfide) groups is 1. The predicted molar refractivity (Wildman–Crippen MR) is 122 cm³/mol. The van der Waals surface area contributed by atoms with Crippen LogP contribution < -0.4 is 11.1 Å². The van der Waals surface area contributed by atoms with Crippen LogP contribution in [-0.4, -0.2) is 31.9 Å². The monoisotopic (exact) mass is 427 g/mol. The van der Waals surface area contributed by atoms with Crippen LogP contribution in [0.2, 0.25) is 0 Å². The van der Waals surface area contributed by atoms with Crippen molar-refractivity contribution in [3.8, 4) is 0 Å². The molecule has 31 heavy (non-hydrogen) atoms. The van der Waals surface area contributed by atoms with Gasteiger partial charge in [-0.15, -0.1) is 0 Å². The Hall–Kier alpha value is -3.91. The number of carbonyl (C=O) groups excluding carboxylic acids is 2. The van der Waals surface area contributed by atoms with E-state index >= 15 is 0 Å². The lowest BCUT2D eigenvalue weighted by molar-refractivity contribution is -0.113. The van der Waals surface area contributed by atoms with E-state index in [1.807, 2.05) is 52.9 Å². The van der Waals surface area contributed by atoms with E-state index in [4.69, 9.17) is 15.7 Å². The number of fused-ring (bicyclic) bond motifs is 5. The van der Waals surface area contributed by atoms with Crippen LogP contribution in [0.25, 0.3) is 27.6 Å². The summed E-state index contributed by atoms with van der Waals surface area (Å²) in [5, 5.41) is 4.49. The van der Waals surface area contributed by atoms with Gasteiger partial charge in [-0.3, -0.25) is 14.0 Å². The second kappa shape index (κ2) is 7.73. The molecule has 3 aromatic carbocycles. The summed E-state index contributed by atoms with van der Waals surface area (Å²) in [6.45, 7) is 0. The predicted octanol–water partition coefficient (Wildman–Crippen LogP) is 3.87. The molecule has 0 saturated carbocycles. The molecule has 7 nitrogen and oxygen atoms in total. The van der Waals surface area contributed by atoms with Gasteiger partial charge in [0, 0.05) is 16.6 Å². The number of hydrogen-bond acceptors (Lipinski definition) is 5. The summed E-state index contributed by atoms with van der Waals surface area (Å²) < 4.78 is 2.00. The van der Waals surface area contributed by atoms with Crippen molar-refractivity contribution in [2.24, 2.45) is 5.73 Å². The molecule has 2 amide bonds. The first-order valence-electron chi connectivity index (χ1n) is 9.58. The Bertz CT molecular complexity index is 1460. The fourth-order valence-electron chi connectivity index (χ4n) is 3.46. The quantitative estimate of drug-likeness (QED) is 0.327. The van der Waals surface area contributed by atoms with Gasteiger partial charge in [-0.2, -0.15) is 0 Å². The standard InChI is InChI=1S/C23H17N5O2S/c24-21(30)14-9-11-15(12-10-14)25-20(29)13-31-23-27-17-6-2-1-5-16(17)22-26-18-7-3-4-8-19(18)28(22)23/h1-12H,13H2,(H2,24,30)(H,25,29). The number of nitrogens with one attached hydrogen (secondary N) is 1. The molecular weight excluding hydrogens is 410 g/mol. The van der Waals surface area contributed by atoms with Gasteiger partial charge in [-0.05, 0) is 48.5 Å². The van der Waals surface area contributed by atoms with Crippen molar-refractivity contribution in [1.82, 2.24) is 14.4 Å². The molecule has 152 valence electrons. The Kier molecular flexibility index (Phi) is 4.76. The lowest BCUT2D eigenvalue weighted by Crippen LogP contribution is -2.15. The minimum absolute atomic E-state index is 0.171. The number of primary amides is 1. The maximum absolute atomic E-state index is 12.5. The fourth-order valence-corrected chi connectivity index (χ4v) is 4.26. The Labute approximate surface area is 181 Å². The van der Waals surface area contributed by atoms with E-state index in [1.54, 1.807) is 24.3 Å². The number of imidazole rings is 1. The molecular formula is C23H17N5O2S. The van der Waals surface area contributed by atoms with Gasteiger partial charge in [0.2, 0.25) is 11.8 Å². The van der Waals surface area contributed by atoms with E-state index in [0.717, 1.165) is 27.6 Å². The molecule has 8 heteroatoms. The largest absolute Gasteiger partial charge is 0.366 e. The minimum Gasteiger partial charge on any atom is -0.366 e. The van der Waals surface area contributed by atoms with Crippen LogP contribution >= 0.6 is 11.8 Å². The van der Waals surface area contributed by atoms with Crippen LogP contribution in [0.1, 0.15) is 10.4 Å². The van der Waals surface area contributed by atoms with Crippen molar-refractivity contribution in [2.45, 2.75) is 5.16 Å². The van der Waals surface area contributed by atoms with Gasteiger partial charge in [0.25, 0.3) is 0 Å². The van der Waals surface area contributed by atoms with E-state index < -0.39 is 5.91 Å². The number of carbonyl (C=O) groups is 2. The summed E-state index contributed by atoms with van der Waals surface area (Å²) in [5.74, 6) is -0.512. The molecule has 0 aliphatic rings. The summed E-state index contributed by atoms with van der Waals surface area (Å²) in [4.78, 5) is 33.3. The van der Waals surface area contributed by atoms with E-state index in [9.17, 15) is 9.59 Å². The number of hydrogen-bond donors (Lipinski definition) is 2. The van der Waals surface area contributed by atoms with Crippen molar-refractivity contribution in [3.05, 3.63) is 78.4 Å². The normalized spacial score (nSPS) is 11.2. The van der Waals surface area contributed by atoms with E-state index in [-0.39, 0.29) is 11.7 Å². The van der Waals surface area contributed by atoms with Crippen molar-refractivity contribution in [3.63, 3.8) is 0 Å². The number of rotatable bonds is 5. The zero-order chi connectivity index (χ0) is 21.4. The Morgan fingerprint density at radius 1 is 0.903 bits per heavy atom. The SMILES string of the molecule is NC(=O)c1ccc(NC(=O)CSc2nc3ccccc3c3nc4ccccc4n23)cc1. The molecule has 0 saturated heterocycles. The number of nitrogens with zero attached hydrogens (tertiary/aromatic N) is 3. The molecule has 5 rings (SSSR count). The third-order valence-corrected chi connectivity index (χ3v) is 5.84. The fraction of sp³-hybridized carbons (Fsp3) is 0.0435.